The van der Waals surface area contributed by atoms with Crippen molar-refractivity contribution in [3.63, 3.8) is 0 Å². The van der Waals surface area contributed by atoms with Gasteiger partial charge in [0.25, 0.3) is 0 Å². The number of hydrogen-bond donors (Lipinski definition) is 1. The number of benzene rings is 1. The van der Waals surface area contributed by atoms with Crippen molar-refractivity contribution < 1.29 is 14.3 Å². The predicted molar refractivity (Wildman–Crippen MR) is 144 cm³/mol. The molecule has 3 heterocycles. The average Bonchev–Trinajstić information content (AvgIpc) is 3.22. The number of hydroxylamine groups is 2. The summed E-state index contributed by atoms with van der Waals surface area (Å²) < 4.78 is 22.1. The molecule has 0 bridgehead atoms. The van der Waals surface area contributed by atoms with Gasteiger partial charge in [0.2, 0.25) is 0 Å². The van der Waals surface area contributed by atoms with Crippen molar-refractivity contribution >= 4 is 19.8 Å². The molecule has 10 heteroatoms. The highest BCUT2D eigenvalue weighted by Crippen LogP contribution is 2.39. The fourth-order valence-electron chi connectivity index (χ4n) is 4.41. The Kier molecular flexibility index (Phi) is 8.62. The van der Waals surface area contributed by atoms with Gasteiger partial charge in [-0.25, -0.2) is 19.3 Å². The second-order valence-corrected chi connectivity index (χ2v) is 17.1. The number of imidazole rings is 1. The lowest BCUT2D eigenvalue weighted by molar-refractivity contribution is -0.155. The van der Waals surface area contributed by atoms with E-state index in [4.69, 9.17) is 14.7 Å². The monoisotopic (exact) mass is 529 g/mol. The van der Waals surface area contributed by atoms with E-state index in [-0.39, 0.29) is 11.9 Å². The number of nitrogens with zero attached hydrogens (tertiary/aromatic N) is 5. The van der Waals surface area contributed by atoms with Crippen molar-refractivity contribution in [1.82, 2.24) is 24.6 Å². The van der Waals surface area contributed by atoms with Crippen molar-refractivity contribution in [1.29, 1.82) is 0 Å². The summed E-state index contributed by atoms with van der Waals surface area (Å²) in [5.41, 5.74) is 2.98. The molecule has 194 valence electrons. The van der Waals surface area contributed by atoms with Gasteiger partial charge in [-0.15, -0.1) is 0 Å². The number of aromatic nitrogens is 4. The van der Waals surface area contributed by atoms with Gasteiger partial charge in [0, 0.05) is 33.0 Å². The molecular weight excluding hydrogens is 493 g/mol. The van der Waals surface area contributed by atoms with E-state index in [0.29, 0.717) is 42.3 Å². The summed E-state index contributed by atoms with van der Waals surface area (Å²) in [4.78, 5) is 14.1. The van der Waals surface area contributed by atoms with E-state index in [1.165, 1.54) is 29.0 Å². The van der Waals surface area contributed by atoms with Crippen LogP contribution in [0.4, 0.5) is 4.39 Å². The Bertz CT molecular complexity index is 1170. The molecule has 1 fully saturated rings. The molecule has 4 rings (SSSR count). The van der Waals surface area contributed by atoms with E-state index in [9.17, 15) is 9.60 Å². The molecule has 2 unspecified atom stereocenters. The molecule has 1 aliphatic rings. The number of hydrogen-bond acceptors (Lipinski definition) is 7. The van der Waals surface area contributed by atoms with Crippen LogP contribution in [0.3, 0.4) is 0 Å². The van der Waals surface area contributed by atoms with Crippen LogP contribution in [0.1, 0.15) is 31.6 Å². The summed E-state index contributed by atoms with van der Waals surface area (Å²) in [6.45, 7) is 10.7. The van der Waals surface area contributed by atoms with E-state index in [1.54, 1.807) is 18.3 Å². The first-order valence-corrected chi connectivity index (χ1v) is 17.4. The molecule has 36 heavy (non-hydrogen) atoms. The van der Waals surface area contributed by atoms with Gasteiger partial charge in [0.1, 0.15) is 24.1 Å². The zero-order chi connectivity index (χ0) is 25.9. The molecule has 0 amide bonds. The van der Waals surface area contributed by atoms with Crippen LogP contribution in [0.25, 0.3) is 22.6 Å². The molecule has 0 saturated carbocycles. The third-order valence-corrected chi connectivity index (χ3v) is 8.79. The van der Waals surface area contributed by atoms with Crippen LogP contribution in [-0.4, -0.2) is 57.3 Å². The maximum atomic E-state index is 13.9. The standard InChI is InChI=1S/C26H36FN5O2SSi/c1-18-11-13-32(33)22(16-18)25-30-23(21-10-12-28-26(29-21)35-2)24(19-6-8-20(27)9-7-19)31(25)17-34-14-15-36(3,4)5/h6-10,12,18,22,33H,11,13-17H2,1-5H3. The first-order chi connectivity index (χ1) is 17.2. The Morgan fingerprint density at radius 1 is 1.17 bits per heavy atom. The fraction of sp³-hybridized carbons (Fsp3) is 0.500. The minimum Gasteiger partial charge on any atom is -0.361 e. The maximum absolute atomic E-state index is 13.9. The highest BCUT2D eigenvalue weighted by atomic mass is 32.2. The van der Waals surface area contributed by atoms with E-state index < -0.39 is 8.07 Å². The van der Waals surface area contributed by atoms with Crippen molar-refractivity contribution in [2.24, 2.45) is 5.92 Å². The Balaban J connectivity index is 1.86. The second kappa shape index (κ2) is 11.5. The molecule has 3 aromatic rings. The molecule has 1 N–H and O–H groups in total. The number of thioether (sulfide) groups is 1. The van der Waals surface area contributed by atoms with Gasteiger partial charge in [0.15, 0.2) is 5.16 Å². The highest BCUT2D eigenvalue weighted by Gasteiger charge is 2.33. The smallest absolute Gasteiger partial charge is 0.187 e. The fourth-order valence-corrected chi connectivity index (χ4v) is 5.52. The lowest BCUT2D eigenvalue weighted by Gasteiger charge is -2.34. The van der Waals surface area contributed by atoms with E-state index in [1.807, 2.05) is 16.9 Å². The van der Waals surface area contributed by atoms with E-state index >= 15 is 0 Å². The normalized spacial score (nSPS) is 19.1. The molecule has 1 aromatic carbocycles. The van der Waals surface area contributed by atoms with Gasteiger partial charge < -0.3 is 14.5 Å². The summed E-state index contributed by atoms with van der Waals surface area (Å²) >= 11 is 1.46. The Labute approximate surface area is 218 Å². The number of piperidine rings is 1. The largest absolute Gasteiger partial charge is 0.361 e. The molecule has 1 aliphatic heterocycles. The summed E-state index contributed by atoms with van der Waals surface area (Å²) in [5, 5.41) is 12.9. The summed E-state index contributed by atoms with van der Waals surface area (Å²) in [6.07, 6.45) is 5.38. The first kappa shape index (κ1) is 26.9. The van der Waals surface area contributed by atoms with Gasteiger partial charge in [-0.05, 0) is 61.4 Å². The minimum absolute atomic E-state index is 0.274. The molecule has 0 radical (unpaired) electrons. The van der Waals surface area contributed by atoms with Gasteiger partial charge in [-0.3, -0.25) is 0 Å². The first-order valence-electron chi connectivity index (χ1n) is 12.4. The third kappa shape index (κ3) is 6.41. The summed E-state index contributed by atoms with van der Waals surface area (Å²) in [5.74, 6) is 0.888. The third-order valence-electron chi connectivity index (χ3n) is 6.52. The number of ether oxygens (including phenoxy) is 1. The van der Waals surface area contributed by atoms with Gasteiger partial charge in [0.05, 0.1) is 17.4 Å². The Hall–Kier alpha value is -2.11. The molecule has 0 spiro atoms. The summed E-state index contributed by atoms with van der Waals surface area (Å²) in [7, 11) is -1.26. The molecule has 7 nitrogen and oxygen atoms in total. The topological polar surface area (TPSA) is 76.3 Å². The maximum Gasteiger partial charge on any atom is 0.187 e. The number of halogens is 1. The van der Waals surface area contributed by atoms with Gasteiger partial charge in [-0.2, -0.15) is 5.06 Å². The lowest BCUT2D eigenvalue weighted by atomic mass is 9.93. The summed E-state index contributed by atoms with van der Waals surface area (Å²) in [6, 6.07) is 9.04. The number of rotatable bonds is 9. The minimum atomic E-state index is -1.26. The molecule has 2 atom stereocenters. The van der Waals surface area contributed by atoms with Crippen LogP contribution in [0, 0.1) is 11.7 Å². The zero-order valence-electron chi connectivity index (χ0n) is 21.7. The van der Waals surface area contributed by atoms with Crippen LogP contribution >= 0.6 is 11.8 Å². The van der Waals surface area contributed by atoms with E-state index in [0.717, 1.165) is 36.0 Å². The van der Waals surface area contributed by atoms with Gasteiger partial charge >= 0.3 is 0 Å². The van der Waals surface area contributed by atoms with Crippen LogP contribution in [0.5, 0.6) is 0 Å². The predicted octanol–water partition coefficient (Wildman–Crippen LogP) is 6.34. The van der Waals surface area contributed by atoms with Crippen LogP contribution in [-0.2, 0) is 11.5 Å². The van der Waals surface area contributed by atoms with Crippen molar-refractivity contribution in [2.75, 3.05) is 19.4 Å². The molecule has 1 saturated heterocycles. The zero-order valence-corrected chi connectivity index (χ0v) is 23.6. The SMILES string of the molecule is CSc1nccc(-c2nc(C3CC(C)CCN3O)n(COCC[Si](C)(C)C)c2-c2ccc(F)cc2)n1. The molecule has 2 aromatic heterocycles. The van der Waals surface area contributed by atoms with Crippen LogP contribution in [0.2, 0.25) is 25.7 Å². The highest BCUT2D eigenvalue weighted by molar-refractivity contribution is 7.98. The Morgan fingerprint density at radius 2 is 1.92 bits per heavy atom. The van der Waals surface area contributed by atoms with Crippen molar-refractivity contribution in [2.45, 2.75) is 63.4 Å². The lowest BCUT2D eigenvalue weighted by Crippen LogP contribution is -2.35. The van der Waals surface area contributed by atoms with Crippen LogP contribution < -0.4 is 0 Å². The molecule has 0 aliphatic carbocycles. The molecular formula is C26H36FN5O2SSi. The second-order valence-electron chi connectivity index (χ2n) is 10.7. The average molecular weight is 530 g/mol. The van der Waals surface area contributed by atoms with Crippen molar-refractivity contribution in [3.05, 3.63) is 48.2 Å². The van der Waals surface area contributed by atoms with Crippen molar-refractivity contribution in [3.8, 4) is 22.6 Å². The van der Waals surface area contributed by atoms with Crippen LogP contribution in [0.15, 0.2) is 41.7 Å². The quantitative estimate of drug-likeness (QED) is 0.150. The van der Waals surface area contributed by atoms with Gasteiger partial charge in [-0.1, -0.05) is 38.3 Å². The van der Waals surface area contributed by atoms with E-state index in [2.05, 4.69) is 31.5 Å². The Morgan fingerprint density at radius 3 is 2.61 bits per heavy atom.